The molecule has 2 aromatic rings. The maximum absolute atomic E-state index is 13.0. The van der Waals surface area contributed by atoms with Crippen molar-refractivity contribution in [3.8, 4) is 0 Å². The van der Waals surface area contributed by atoms with Gasteiger partial charge in [-0.15, -0.1) is 0 Å². The number of aliphatic hydroxyl groups excluding tert-OH is 1. The van der Waals surface area contributed by atoms with Gasteiger partial charge in [-0.2, -0.15) is 0 Å². The highest BCUT2D eigenvalue weighted by atomic mass is 35.5. The number of hydrogen-bond acceptors (Lipinski definition) is 6. The third-order valence-electron chi connectivity index (χ3n) is 4.94. The van der Waals surface area contributed by atoms with E-state index in [0.29, 0.717) is 45.8 Å². The molecule has 1 unspecified atom stereocenters. The third kappa shape index (κ3) is 4.19. The van der Waals surface area contributed by atoms with Gasteiger partial charge in [0, 0.05) is 19.3 Å². The molecule has 3 rings (SSSR count). The molecule has 1 atom stereocenters. The summed E-state index contributed by atoms with van der Waals surface area (Å²) in [5, 5.41) is 11.7. The van der Waals surface area contributed by atoms with Crippen LogP contribution in [0.5, 0.6) is 0 Å². The molecule has 0 radical (unpaired) electrons. The molecule has 1 saturated heterocycles. The van der Waals surface area contributed by atoms with Crippen molar-refractivity contribution < 1.29 is 14.7 Å². The van der Waals surface area contributed by atoms with Crippen molar-refractivity contribution in [2.75, 3.05) is 27.2 Å². The molecule has 1 aromatic carbocycles. The fraction of sp³-hybridized carbons (Fsp3) is 0.333. The van der Waals surface area contributed by atoms with Crippen LogP contribution in [0.4, 0.5) is 0 Å². The standard InChI is InChI=1S/C21H22Cl2N4O3/c1-11-14(10-24-12(2)25-11)19(28)17-18(13-5-6-15(22)16(23)9-13)27(8-7-26(3)4)21(30)20(17)29/h5-6,9-10,18,28H,7-8H2,1-4H3. The van der Waals surface area contributed by atoms with Crippen molar-refractivity contribution in [1.29, 1.82) is 0 Å². The van der Waals surface area contributed by atoms with Crippen LogP contribution in [0, 0.1) is 13.8 Å². The maximum atomic E-state index is 13.0. The number of ketones is 1. The Labute approximate surface area is 184 Å². The van der Waals surface area contributed by atoms with E-state index in [2.05, 4.69) is 9.97 Å². The smallest absolute Gasteiger partial charge is 0.295 e. The van der Waals surface area contributed by atoms with Crippen molar-refractivity contribution in [3.63, 3.8) is 0 Å². The summed E-state index contributed by atoms with van der Waals surface area (Å²) in [4.78, 5) is 37.5. The summed E-state index contributed by atoms with van der Waals surface area (Å²) in [5.74, 6) is -1.21. The Morgan fingerprint density at radius 1 is 1.20 bits per heavy atom. The number of aromatic nitrogens is 2. The predicted octanol–water partition coefficient (Wildman–Crippen LogP) is 3.38. The van der Waals surface area contributed by atoms with Gasteiger partial charge >= 0.3 is 0 Å². The largest absolute Gasteiger partial charge is 0.507 e. The Kier molecular flexibility index (Phi) is 6.45. The summed E-state index contributed by atoms with van der Waals surface area (Å²) in [6.45, 7) is 4.27. The molecule has 0 aliphatic carbocycles. The summed E-state index contributed by atoms with van der Waals surface area (Å²) < 4.78 is 0. The van der Waals surface area contributed by atoms with E-state index in [0.717, 1.165) is 0 Å². The first kappa shape index (κ1) is 22.2. The molecule has 0 spiro atoms. The second kappa shape index (κ2) is 8.71. The number of hydrogen-bond donors (Lipinski definition) is 1. The lowest BCUT2D eigenvalue weighted by molar-refractivity contribution is -0.140. The van der Waals surface area contributed by atoms with E-state index in [1.54, 1.807) is 32.0 Å². The highest BCUT2D eigenvalue weighted by Gasteiger charge is 2.46. The minimum atomic E-state index is -0.805. The molecule has 1 aliphatic heterocycles. The maximum Gasteiger partial charge on any atom is 0.295 e. The molecule has 158 valence electrons. The van der Waals surface area contributed by atoms with Crippen LogP contribution >= 0.6 is 23.2 Å². The Morgan fingerprint density at radius 2 is 1.90 bits per heavy atom. The fourth-order valence-corrected chi connectivity index (χ4v) is 3.71. The van der Waals surface area contributed by atoms with E-state index in [1.807, 2.05) is 19.0 Å². The number of rotatable bonds is 5. The SMILES string of the molecule is Cc1ncc(C(O)=C2C(=O)C(=O)N(CCN(C)C)C2c2ccc(Cl)c(Cl)c2)c(C)n1. The molecule has 1 fully saturated rings. The van der Waals surface area contributed by atoms with Gasteiger partial charge in [-0.05, 0) is 45.6 Å². The minimum absolute atomic E-state index is 0.0206. The number of halogens is 2. The number of nitrogens with zero attached hydrogens (tertiary/aromatic N) is 4. The summed E-state index contributed by atoms with van der Waals surface area (Å²) in [7, 11) is 3.75. The summed E-state index contributed by atoms with van der Waals surface area (Å²) in [6, 6.07) is 4.10. The zero-order valence-electron chi connectivity index (χ0n) is 17.1. The van der Waals surface area contributed by atoms with E-state index in [-0.39, 0.29) is 11.3 Å². The number of likely N-dealkylation sites (tertiary alicyclic amines) is 1. The van der Waals surface area contributed by atoms with Crippen LogP contribution in [-0.4, -0.2) is 63.7 Å². The van der Waals surface area contributed by atoms with Crippen molar-refractivity contribution in [1.82, 2.24) is 19.8 Å². The van der Waals surface area contributed by atoms with Gasteiger partial charge in [-0.3, -0.25) is 9.59 Å². The molecule has 1 amide bonds. The number of carbonyl (C=O) groups is 2. The van der Waals surface area contributed by atoms with E-state index in [1.165, 1.54) is 11.1 Å². The number of carbonyl (C=O) groups excluding carboxylic acids is 2. The van der Waals surface area contributed by atoms with E-state index in [9.17, 15) is 14.7 Å². The predicted molar refractivity (Wildman–Crippen MR) is 116 cm³/mol. The highest BCUT2D eigenvalue weighted by molar-refractivity contribution is 6.46. The van der Waals surface area contributed by atoms with E-state index in [4.69, 9.17) is 23.2 Å². The molecule has 9 heteroatoms. The molecule has 0 bridgehead atoms. The van der Waals surface area contributed by atoms with Crippen molar-refractivity contribution >= 4 is 40.7 Å². The van der Waals surface area contributed by atoms with Gasteiger partial charge in [-0.25, -0.2) is 9.97 Å². The van der Waals surface area contributed by atoms with Gasteiger partial charge < -0.3 is 14.9 Å². The second-order valence-electron chi connectivity index (χ2n) is 7.39. The molecular formula is C21H22Cl2N4O3. The third-order valence-corrected chi connectivity index (χ3v) is 5.68. The summed E-state index contributed by atoms with van der Waals surface area (Å²) >= 11 is 12.3. The zero-order chi connectivity index (χ0) is 22.2. The fourth-order valence-electron chi connectivity index (χ4n) is 3.41. The Morgan fingerprint density at radius 3 is 2.50 bits per heavy atom. The average Bonchev–Trinajstić information content (AvgIpc) is 2.92. The number of Topliss-reactive ketones (excluding diaryl/α,β-unsaturated/α-hetero) is 1. The average molecular weight is 449 g/mol. The summed E-state index contributed by atoms with van der Waals surface area (Å²) in [5.41, 5.74) is 1.37. The summed E-state index contributed by atoms with van der Waals surface area (Å²) in [6.07, 6.45) is 1.45. The van der Waals surface area contributed by atoms with Crippen LogP contribution < -0.4 is 0 Å². The van der Waals surface area contributed by atoms with Crippen molar-refractivity contribution in [2.45, 2.75) is 19.9 Å². The lowest BCUT2D eigenvalue weighted by Gasteiger charge is -2.26. The van der Waals surface area contributed by atoms with Crippen molar-refractivity contribution in [3.05, 3.63) is 62.7 Å². The lowest BCUT2D eigenvalue weighted by Crippen LogP contribution is -2.35. The Hall–Kier alpha value is -2.48. The van der Waals surface area contributed by atoms with E-state index < -0.39 is 17.7 Å². The zero-order valence-corrected chi connectivity index (χ0v) is 18.6. The molecule has 30 heavy (non-hydrogen) atoms. The highest BCUT2D eigenvalue weighted by Crippen LogP contribution is 2.41. The van der Waals surface area contributed by atoms with Gasteiger partial charge in [-0.1, -0.05) is 29.3 Å². The second-order valence-corrected chi connectivity index (χ2v) is 8.20. The van der Waals surface area contributed by atoms with Crippen LogP contribution in [0.3, 0.4) is 0 Å². The van der Waals surface area contributed by atoms with Crippen LogP contribution in [0.2, 0.25) is 10.0 Å². The molecular weight excluding hydrogens is 427 g/mol. The first-order valence-corrected chi connectivity index (χ1v) is 10.1. The number of aliphatic hydroxyl groups is 1. The van der Waals surface area contributed by atoms with Crippen LogP contribution in [-0.2, 0) is 9.59 Å². The van der Waals surface area contributed by atoms with Gasteiger partial charge in [0.15, 0.2) is 0 Å². The monoisotopic (exact) mass is 448 g/mol. The minimum Gasteiger partial charge on any atom is -0.507 e. The molecule has 1 N–H and O–H groups in total. The van der Waals surface area contributed by atoms with Crippen molar-refractivity contribution in [2.24, 2.45) is 0 Å². The van der Waals surface area contributed by atoms with Crippen LogP contribution in [0.15, 0.2) is 30.0 Å². The number of benzene rings is 1. The number of likely N-dealkylation sites (N-methyl/N-ethyl adjacent to an activating group) is 1. The molecule has 2 heterocycles. The first-order valence-electron chi connectivity index (χ1n) is 9.30. The topological polar surface area (TPSA) is 86.6 Å². The van der Waals surface area contributed by atoms with Crippen LogP contribution in [0.1, 0.15) is 28.7 Å². The Bertz CT molecular complexity index is 1050. The Balaban J connectivity index is 2.20. The van der Waals surface area contributed by atoms with Crippen LogP contribution in [0.25, 0.3) is 5.76 Å². The van der Waals surface area contributed by atoms with Gasteiger partial charge in [0.25, 0.3) is 11.7 Å². The first-order chi connectivity index (χ1) is 14.1. The quantitative estimate of drug-likeness (QED) is 0.428. The molecule has 1 aliphatic rings. The molecule has 1 aromatic heterocycles. The molecule has 7 nitrogen and oxygen atoms in total. The van der Waals surface area contributed by atoms with Gasteiger partial charge in [0.1, 0.15) is 11.6 Å². The van der Waals surface area contributed by atoms with Gasteiger partial charge in [0.2, 0.25) is 0 Å². The number of amides is 1. The van der Waals surface area contributed by atoms with E-state index >= 15 is 0 Å². The normalized spacial score (nSPS) is 18.5. The molecule has 0 saturated carbocycles. The number of aryl methyl sites for hydroxylation is 2. The van der Waals surface area contributed by atoms with Gasteiger partial charge in [0.05, 0.1) is 32.9 Å². The lowest BCUT2D eigenvalue weighted by atomic mass is 9.95.